The van der Waals surface area contributed by atoms with Crippen molar-refractivity contribution >= 4 is 69.3 Å². The lowest BCUT2D eigenvalue weighted by Gasteiger charge is -2.39. The molecule has 0 saturated heterocycles. The van der Waals surface area contributed by atoms with Gasteiger partial charge < -0.3 is 52.0 Å². The fourth-order valence-corrected chi connectivity index (χ4v) is 11.9. The second kappa shape index (κ2) is 33.1. The number of ketones is 2. The van der Waals surface area contributed by atoms with Crippen LogP contribution in [0, 0.1) is 20.8 Å². The first-order valence-corrected chi connectivity index (χ1v) is 32.6. The molecule has 0 radical (unpaired) electrons. The lowest BCUT2D eigenvalue weighted by Crippen LogP contribution is -2.54. The van der Waals surface area contributed by atoms with Crippen LogP contribution >= 0.6 is 0 Å². The van der Waals surface area contributed by atoms with Crippen LogP contribution in [0.4, 0.5) is 113 Å². The van der Waals surface area contributed by atoms with Gasteiger partial charge in [0.25, 0.3) is 11.8 Å². The van der Waals surface area contributed by atoms with Crippen molar-refractivity contribution in [3.63, 3.8) is 0 Å². The highest BCUT2D eigenvalue weighted by Gasteiger charge is 2.75. The highest BCUT2D eigenvalue weighted by molar-refractivity contribution is 6.07. The number of alkyl halides is 18. The second-order valence-electron chi connectivity index (χ2n) is 25.1. The zero-order chi connectivity index (χ0) is 84.0. The van der Waals surface area contributed by atoms with Gasteiger partial charge in [-0.25, -0.2) is 0 Å². The molecule has 594 valence electrons. The third-order valence-electron chi connectivity index (χ3n) is 17.7. The van der Waals surface area contributed by atoms with E-state index in [0.717, 1.165) is 50.2 Å². The predicted molar refractivity (Wildman–Crippen MR) is 380 cm³/mol. The van der Waals surface area contributed by atoms with Gasteiger partial charge in [-0.1, -0.05) is 66.7 Å². The molecule has 0 aliphatic carbocycles. The molecule has 0 atom stereocenters. The smallest absolute Gasteiger partial charge is 0.411 e. The Morgan fingerprint density at radius 2 is 0.554 bits per heavy atom. The van der Waals surface area contributed by atoms with Crippen LogP contribution in [0.25, 0.3) is 0 Å². The highest BCUT2D eigenvalue weighted by Crippen LogP contribution is 2.61. The van der Waals surface area contributed by atoms with Crippen molar-refractivity contribution < 1.29 is 128 Å². The number of phenolic OH excluding ortho intramolecular Hbond substituents is 3. The summed E-state index contributed by atoms with van der Waals surface area (Å²) in [5.41, 5.74) is -21.3. The minimum absolute atomic E-state index is 0.0381. The molecule has 0 spiro atoms. The van der Waals surface area contributed by atoms with Gasteiger partial charge in [0.15, 0.2) is 11.6 Å². The molecule has 112 heavy (non-hydrogen) atoms. The summed E-state index contributed by atoms with van der Waals surface area (Å²) in [6.07, 6.45) is -35.2. The third kappa shape index (κ3) is 18.0. The number of rotatable bonds is 18. The number of anilines is 6. The molecule has 9 rings (SSSR count). The average molecular weight is 1590 g/mol. The van der Waals surface area contributed by atoms with E-state index in [1.165, 1.54) is 97.2 Å². The van der Waals surface area contributed by atoms with E-state index < -0.39 is 133 Å². The first-order valence-electron chi connectivity index (χ1n) is 32.6. The molecule has 16 nitrogen and oxygen atoms in total. The Kier molecular flexibility index (Phi) is 25.7. The molecule has 0 saturated carbocycles. The number of nitrogens with one attached hydrogen (secondary N) is 6. The summed E-state index contributed by atoms with van der Waals surface area (Å²) in [5, 5.41) is 43.2. The summed E-state index contributed by atoms with van der Waals surface area (Å²) in [6.45, 7) is 8.99. The number of ether oxygens (including phenoxy) is 1. The number of halogens is 18. The number of phenols is 3. The zero-order valence-electron chi connectivity index (χ0n) is 59.8. The molecule has 0 aromatic heterocycles. The lowest BCUT2D eigenvalue weighted by atomic mass is 9.72. The first kappa shape index (κ1) is 87.0. The molecule has 9 aromatic carbocycles. The van der Waals surface area contributed by atoms with Crippen molar-refractivity contribution in [1.29, 1.82) is 0 Å². The van der Waals surface area contributed by atoms with Crippen molar-refractivity contribution in [1.82, 2.24) is 0 Å². The quantitative estimate of drug-likeness (QED) is 0.0221. The molecule has 0 fully saturated rings. The Morgan fingerprint density at radius 1 is 0.295 bits per heavy atom. The van der Waals surface area contributed by atoms with Crippen molar-refractivity contribution in [2.75, 3.05) is 46.0 Å². The molecular weight excluding hydrogens is 1520 g/mol. The highest BCUT2D eigenvalue weighted by atomic mass is 19.4. The number of aromatic hydroxyl groups is 3. The van der Waals surface area contributed by atoms with E-state index in [2.05, 4.69) is 26.6 Å². The molecular formula is C78H66F18N6O10. The lowest BCUT2D eigenvalue weighted by molar-refractivity contribution is -0.290. The topological polar surface area (TPSA) is 245 Å². The summed E-state index contributed by atoms with van der Waals surface area (Å²) in [7, 11) is 2.50. The normalized spacial score (nSPS) is 12.2. The van der Waals surface area contributed by atoms with Crippen LogP contribution in [0.15, 0.2) is 182 Å². The second-order valence-corrected chi connectivity index (χ2v) is 25.1. The van der Waals surface area contributed by atoms with Crippen LogP contribution in [0.1, 0.15) is 119 Å². The number of aryl methyl sites for hydroxylation is 3. The Morgan fingerprint density at radius 3 is 0.857 bits per heavy atom. The summed E-state index contributed by atoms with van der Waals surface area (Å²) < 4.78 is 267. The minimum atomic E-state index is -5.96. The van der Waals surface area contributed by atoms with Crippen molar-refractivity contribution in [3.8, 4) is 28.7 Å². The van der Waals surface area contributed by atoms with Gasteiger partial charge in [0.05, 0.1) is 17.1 Å². The number of carbonyl (C=O) groups excluding carboxylic acids is 6. The van der Waals surface area contributed by atoms with E-state index in [-0.39, 0.29) is 67.8 Å². The Balaban J connectivity index is 0.000000238. The summed E-state index contributed by atoms with van der Waals surface area (Å²) in [4.78, 5) is 71.6. The number of hydrogen-bond donors (Lipinski definition) is 9. The van der Waals surface area contributed by atoms with E-state index in [1.807, 2.05) is 5.32 Å². The molecule has 34 heteroatoms. The number of benzene rings is 9. The molecule has 0 heterocycles. The maximum Gasteiger partial charge on any atom is 0.411 e. The molecule has 4 amide bonds. The molecule has 0 aliphatic heterocycles. The minimum Gasteiger partial charge on any atom is -0.506 e. The number of carbonyl (C=O) groups is 6. The summed E-state index contributed by atoms with van der Waals surface area (Å²) in [5.74, 6) is -4.59. The van der Waals surface area contributed by atoms with Crippen LogP contribution in [0.2, 0.25) is 0 Å². The largest absolute Gasteiger partial charge is 0.506 e. The van der Waals surface area contributed by atoms with Gasteiger partial charge in [-0.2, -0.15) is 79.0 Å². The summed E-state index contributed by atoms with van der Waals surface area (Å²) in [6, 6.07) is 29.9. The van der Waals surface area contributed by atoms with Crippen LogP contribution in [0.5, 0.6) is 28.7 Å². The van der Waals surface area contributed by atoms with Crippen molar-refractivity contribution in [2.45, 2.75) is 102 Å². The fraction of sp³-hybridized carbons (Fsp3) is 0.231. The third-order valence-corrected chi connectivity index (χ3v) is 17.7. The molecule has 0 unspecified atom stereocenters. The molecule has 9 aromatic rings. The maximum absolute atomic E-state index is 14.7. The van der Waals surface area contributed by atoms with Crippen LogP contribution in [0.3, 0.4) is 0 Å². The molecule has 0 aliphatic rings. The Labute approximate surface area is 625 Å². The van der Waals surface area contributed by atoms with Gasteiger partial charge in [0.2, 0.25) is 28.1 Å². The molecule has 0 bridgehead atoms. The zero-order valence-corrected chi connectivity index (χ0v) is 59.8. The Bertz CT molecular complexity index is 4970. The van der Waals surface area contributed by atoms with E-state index in [4.69, 9.17) is 4.74 Å². The van der Waals surface area contributed by atoms with Crippen LogP contribution in [-0.2, 0) is 25.8 Å². The molecule has 9 N–H and O–H groups in total. The van der Waals surface area contributed by atoms with Gasteiger partial charge in [-0.05, 0) is 200 Å². The summed E-state index contributed by atoms with van der Waals surface area (Å²) >= 11 is 0. The average Bonchev–Trinajstić information content (AvgIpc) is 0.725. The van der Waals surface area contributed by atoms with Gasteiger partial charge in [-0.15, -0.1) is 0 Å². The van der Waals surface area contributed by atoms with E-state index in [1.54, 1.807) is 24.3 Å². The number of amides is 4. The number of Topliss-reactive ketones (excluding diaryl/α,β-unsaturated/α-hetero) is 2. The van der Waals surface area contributed by atoms with Crippen molar-refractivity contribution in [2.24, 2.45) is 0 Å². The van der Waals surface area contributed by atoms with E-state index >= 15 is 0 Å². The van der Waals surface area contributed by atoms with Gasteiger partial charge in [0, 0.05) is 67.3 Å². The van der Waals surface area contributed by atoms with Gasteiger partial charge in [0.1, 0.15) is 28.7 Å². The first-order chi connectivity index (χ1) is 51.8. The van der Waals surface area contributed by atoms with Gasteiger partial charge >= 0.3 is 37.1 Å². The van der Waals surface area contributed by atoms with Crippen LogP contribution in [-0.4, -0.2) is 102 Å². The standard InChI is InChI=1S/C32H26F6N2O4.C27H22F6N2O4.C19H18F6N2O2/c1-18-4-9-22(30(31(33,34)35,32(36,37)38)23-10-15-28(42)27(17-23)39-3)16-26(18)40-29(43)21-7-13-25(14-8-21)44-24-11-5-20(6-12-24)19(2)41;1-14-7-8-19(12-21(14)35-24(39)18-6-4-5-17(11-18)15(2)36)25(26(28,29)30,27(31,32)33)20-9-10-23(38)22(13-20)34-16(3)37;1-10-4-5-12(8-14(10)27-11(2)28)17(18(20,21)22,19(23,24)25)13-6-7-16(29)15(9-13)26-3/h4-17,39,42H,1-3H3,(H,40,43);4-13,38H,1-3H3,(H,34,37)(H,35,39);4-9,26,29H,1-3H3,(H,27,28). The number of hydrogen-bond acceptors (Lipinski definition) is 12. The predicted octanol–water partition coefficient (Wildman–Crippen LogP) is 20.0. The Hall–Kier alpha value is -12.3. The van der Waals surface area contributed by atoms with Crippen molar-refractivity contribution in [3.05, 3.63) is 254 Å². The van der Waals surface area contributed by atoms with E-state index in [0.29, 0.717) is 95.4 Å². The SMILES string of the molecule is CC(=O)Nc1cc(C(c2ccc(C)c(NC(=O)c3cccc(C(C)=O)c3)c2)(C(F)(F)F)C(F)(F)F)ccc1O.CNc1cc(C(c2ccc(C)c(NC(=O)c3ccc(Oc4ccc(C(C)=O)cc4)cc3)c2)(C(F)(F)F)C(F)(F)F)ccc1O.CNc1cc(C(c2ccc(C)c(NC(C)=O)c2)(C(F)(F)F)C(F)(F)F)ccc1O. The monoisotopic (exact) mass is 1590 g/mol. The fourth-order valence-electron chi connectivity index (χ4n) is 11.9. The van der Waals surface area contributed by atoms with Crippen LogP contribution < -0.4 is 36.6 Å². The maximum atomic E-state index is 14.7. The van der Waals surface area contributed by atoms with Gasteiger partial charge in [-0.3, -0.25) is 28.8 Å². The van der Waals surface area contributed by atoms with E-state index in [9.17, 15) is 123 Å².